The van der Waals surface area contributed by atoms with Crippen molar-refractivity contribution in [3.63, 3.8) is 0 Å². The van der Waals surface area contributed by atoms with E-state index in [1.807, 2.05) is 42.6 Å². The van der Waals surface area contributed by atoms with Crippen molar-refractivity contribution < 1.29 is 9.32 Å². The molecule has 0 aliphatic rings. The monoisotopic (exact) mass is 340 g/mol. The van der Waals surface area contributed by atoms with E-state index < -0.39 is 0 Å². The third kappa shape index (κ3) is 3.74. The van der Waals surface area contributed by atoms with Crippen molar-refractivity contribution >= 4 is 17.2 Å². The van der Waals surface area contributed by atoms with Gasteiger partial charge in [0.1, 0.15) is 5.56 Å². The first kappa shape index (κ1) is 16.5. The largest absolute Gasteiger partial charge is 0.354 e. The van der Waals surface area contributed by atoms with Crippen LogP contribution in [0.25, 0.3) is 10.6 Å². The molecule has 0 bridgehead atoms. The number of carbonyl (C=O) groups excluding carboxylic acids is 1. The van der Waals surface area contributed by atoms with E-state index in [9.17, 15) is 4.79 Å². The lowest BCUT2D eigenvalue weighted by atomic mass is 10.1. The Bertz CT molecular complexity index is 794. The van der Waals surface area contributed by atoms with Crippen molar-refractivity contribution in [1.82, 2.24) is 10.5 Å². The highest BCUT2D eigenvalue weighted by Gasteiger charge is 2.23. The summed E-state index contributed by atoms with van der Waals surface area (Å²) >= 11 is 1.53. The van der Waals surface area contributed by atoms with Gasteiger partial charge < -0.3 is 9.84 Å². The minimum Gasteiger partial charge on any atom is -0.354 e. The fourth-order valence-corrected chi connectivity index (χ4v) is 3.32. The van der Waals surface area contributed by atoms with Crippen LogP contribution in [0.4, 0.5) is 0 Å². The molecule has 1 amide bonds. The Labute approximate surface area is 145 Å². The van der Waals surface area contributed by atoms with Crippen LogP contribution in [-0.4, -0.2) is 17.1 Å². The van der Waals surface area contributed by atoms with E-state index in [2.05, 4.69) is 22.6 Å². The second-order valence-electron chi connectivity index (χ2n) is 5.85. The van der Waals surface area contributed by atoms with Crippen molar-refractivity contribution in [1.29, 1.82) is 0 Å². The molecule has 0 fully saturated rings. The highest BCUT2D eigenvalue weighted by molar-refractivity contribution is 7.13. The third-order valence-corrected chi connectivity index (χ3v) is 4.79. The zero-order valence-electron chi connectivity index (χ0n) is 13.8. The molecule has 0 unspecified atom stereocenters. The molecule has 1 N–H and O–H groups in total. The topological polar surface area (TPSA) is 55.1 Å². The molecular formula is C19H20N2O2S. The van der Waals surface area contributed by atoms with Crippen molar-refractivity contribution in [3.05, 3.63) is 64.7 Å². The molecule has 0 saturated heterocycles. The molecule has 1 atom stereocenters. The summed E-state index contributed by atoms with van der Waals surface area (Å²) in [4.78, 5) is 13.6. The number of carbonyl (C=O) groups is 1. The summed E-state index contributed by atoms with van der Waals surface area (Å²) in [5.41, 5.74) is 2.43. The molecular weight excluding hydrogens is 320 g/mol. The zero-order valence-corrected chi connectivity index (χ0v) is 14.6. The lowest BCUT2D eigenvalue weighted by Crippen LogP contribution is -2.33. The van der Waals surface area contributed by atoms with Crippen molar-refractivity contribution in [2.75, 3.05) is 0 Å². The molecule has 24 heavy (non-hydrogen) atoms. The molecule has 0 radical (unpaired) electrons. The van der Waals surface area contributed by atoms with Crippen LogP contribution in [-0.2, 0) is 6.42 Å². The van der Waals surface area contributed by atoms with E-state index in [1.54, 1.807) is 6.92 Å². The Balaban J connectivity index is 1.66. The number of nitrogens with one attached hydrogen (secondary N) is 1. The Morgan fingerprint density at radius 3 is 2.75 bits per heavy atom. The van der Waals surface area contributed by atoms with Gasteiger partial charge >= 0.3 is 0 Å². The quantitative estimate of drug-likeness (QED) is 0.720. The predicted octanol–water partition coefficient (Wildman–Crippen LogP) is 4.46. The van der Waals surface area contributed by atoms with E-state index in [0.29, 0.717) is 17.0 Å². The minimum absolute atomic E-state index is 0.0724. The van der Waals surface area contributed by atoms with E-state index in [4.69, 9.17) is 4.52 Å². The van der Waals surface area contributed by atoms with Gasteiger partial charge in [-0.15, -0.1) is 11.3 Å². The molecule has 4 nitrogen and oxygen atoms in total. The number of hydrogen-bond donors (Lipinski definition) is 1. The van der Waals surface area contributed by atoms with Crippen LogP contribution in [0.5, 0.6) is 0 Å². The Kier molecular flexibility index (Phi) is 5.11. The van der Waals surface area contributed by atoms with Crippen LogP contribution in [0.3, 0.4) is 0 Å². The average molecular weight is 340 g/mol. The standard InChI is InChI=1S/C19H20N2O2S/c1-13(10-11-15-7-4-3-5-8-15)20-19(22)17-14(2)21-23-18(17)16-9-6-12-24-16/h3-9,12-13H,10-11H2,1-2H3,(H,20,22)/t13-/m0/s1. The fraction of sp³-hybridized carbons (Fsp3) is 0.263. The lowest BCUT2D eigenvalue weighted by molar-refractivity contribution is 0.0938. The summed E-state index contributed by atoms with van der Waals surface area (Å²) in [7, 11) is 0. The first-order chi connectivity index (χ1) is 11.6. The second-order valence-corrected chi connectivity index (χ2v) is 6.80. The smallest absolute Gasteiger partial charge is 0.257 e. The molecule has 2 heterocycles. The summed E-state index contributed by atoms with van der Waals surface area (Å²) in [6.07, 6.45) is 1.82. The number of aromatic nitrogens is 1. The number of benzene rings is 1. The van der Waals surface area contributed by atoms with Gasteiger partial charge in [0.2, 0.25) is 0 Å². The Hall–Kier alpha value is -2.40. The molecule has 0 saturated carbocycles. The van der Waals surface area contributed by atoms with Gasteiger partial charge in [0, 0.05) is 6.04 Å². The summed E-state index contributed by atoms with van der Waals surface area (Å²) in [5.74, 6) is 0.424. The van der Waals surface area contributed by atoms with Gasteiger partial charge in [0.05, 0.1) is 10.6 Å². The number of rotatable bonds is 6. The van der Waals surface area contributed by atoms with Crippen LogP contribution in [0.1, 0.15) is 35.0 Å². The van der Waals surface area contributed by atoms with Gasteiger partial charge in [0.15, 0.2) is 5.76 Å². The minimum atomic E-state index is -0.127. The molecule has 124 valence electrons. The second kappa shape index (κ2) is 7.45. The highest BCUT2D eigenvalue weighted by atomic mass is 32.1. The van der Waals surface area contributed by atoms with Crippen LogP contribution in [0, 0.1) is 6.92 Å². The number of amides is 1. The Morgan fingerprint density at radius 2 is 2.04 bits per heavy atom. The average Bonchev–Trinajstić information content (AvgIpc) is 3.23. The molecule has 3 rings (SSSR count). The number of hydrogen-bond acceptors (Lipinski definition) is 4. The third-order valence-electron chi connectivity index (χ3n) is 3.92. The lowest BCUT2D eigenvalue weighted by Gasteiger charge is -2.14. The van der Waals surface area contributed by atoms with Crippen LogP contribution >= 0.6 is 11.3 Å². The summed E-state index contributed by atoms with van der Waals surface area (Å²) < 4.78 is 5.37. The zero-order chi connectivity index (χ0) is 16.9. The molecule has 2 aromatic heterocycles. The summed E-state index contributed by atoms with van der Waals surface area (Å²) in [6.45, 7) is 3.82. The number of aryl methyl sites for hydroxylation is 2. The van der Waals surface area contributed by atoms with Crippen molar-refractivity contribution in [2.45, 2.75) is 32.7 Å². The first-order valence-electron chi connectivity index (χ1n) is 8.00. The number of nitrogens with zero attached hydrogens (tertiary/aromatic N) is 1. The maximum atomic E-state index is 12.7. The normalized spacial score (nSPS) is 12.1. The van der Waals surface area contributed by atoms with Crippen molar-refractivity contribution in [2.24, 2.45) is 0 Å². The van der Waals surface area contributed by atoms with Gasteiger partial charge in [-0.05, 0) is 43.7 Å². The molecule has 0 aliphatic carbocycles. The van der Waals surface area contributed by atoms with E-state index in [0.717, 1.165) is 17.7 Å². The SMILES string of the molecule is Cc1noc(-c2cccs2)c1C(=O)N[C@@H](C)CCc1ccccc1. The predicted molar refractivity (Wildman–Crippen MR) is 96.2 cm³/mol. The van der Waals surface area contributed by atoms with Crippen molar-refractivity contribution in [3.8, 4) is 10.6 Å². The molecule has 0 spiro atoms. The number of thiophene rings is 1. The maximum absolute atomic E-state index is 12.7. The maximum Gasteiger partial charge on any atom is 0.257 e. The van der Waals surface area contributed by atoms with Crippen LogP contribution in [0.15, 0.2) is 52.4 Å². The Morgan fingerprint density at radius 1 is 1.25 bits per heavy atom. The van der Waals surface area contributed by atoms with E-state index in [-0.39, 0.29) is 11.9 Å². The molecule has 5 heteroatoms. The highest BCUT2D eigenvalue weighted by Crippen LogP contribution is 2.29. The van der Waals surface area contributed by atoms with Gasteiger partial charge in [-0.2, -0.15) is 0 Å². The first-order valence-corrected chi connectivity index (χ1v) is 8.88. The van der Waals surface area contributed by atoms with Gasteiger partial charge in [-0.1, -0.05) is 41.6 Å². The molecule has 0 aliphatic heterocycles. The van der Waals surface area contributed by atoms with Gasteiger partial charge in [-0.25, -0.2) is 0 Å². The van der Waals surface area contributed by atoms with Gasteiger partial charge in [0.25, 0.3) is 5.91 Å². The molecule has 1 aromatic carbocycles. The van der Waals surface area contributed by atoms with E-state index >= 15 is 0 Å². The van der Waals surface area contributed by atoms with Crippen LogP contribution in [0.2, 0.25) is 0 Å². The summed E-state index contributed by atoms with van der Waals surface area (Å²) in [6, 6.07) is 14.2. The summed E-state index contributed by atoms with van der Waals surface area (Å²) in [5, 5.41) is 8.98. The van der Waals surface area contributed by atoms with E-state index in [1.165, 1.54) is 16.9 Å². The fourth-order valence-electron chi connectivity index (χ4n) is 2.61. The van der Waals surface area contributed by atoms with Crippen LogP contribution < -0.4 is 5.32 Å². The molecule has 3 aromatic rings. The van der Waals surface area contributed by atoms with Gasteiger partial charge in [-0.3, -0.25) is 4.79 Å².